The van der Waals surface area contributed by atoms with Gasteiger partial charge in [0, 0.05) is 23.8 Å². The van der Waals surface area contributed by atoms with Crippen LogP contribution in [0.15, 0.2) is 36.8 Å². The number of hydrogen-bond donors (Lipinski definition) is 1. The van der Waals surface area contributed by atoms with E-state index >= 15 is 0 Å². The van der Waals surface area contributed by atoms with Gasteiger partial charge < -0.3 is 14.8 Å². The molecule has 0 amide bonds. The molecule has 1 aliphatic rings. The molecule has 28 heavy (non-hydrogen) atoms. The van der Waals surface area contributed by atoms with Gasteiger partial charge in [0.15, 0.2) is 17.3 Å². The van der Waals surface area contributed by atoms with Crippen LogP contribution >= 0.6 is 11.3 Å². The molecule has 140 valence electrons. The molecule has 0 spiro atoms. The summed E-state index contributed by atoms with van der Waals surface area (Å²) in [4.78, 5) is 20.1. The summed E-state index contributed by atoms with van der Waals surface area (Å²) in [6.07, 6.45) is 4.96. The van der Waals surface area contributed by atoms with Crippen molar-refractivity contribution in [2.75, 3.05) is 12.1 Å². The summed E-state index contributed by atoms with van der Waals surface area (Å²) in [7, 11) is 0. The lowest BCUT2D eigenvalue weighted by atomic mass is 10.2. The van der Waals surface area contributed by atoms with Crippen molar-refractivity contribution in [3.8, 4) is 23.0 Å². The Bertz CT molecular complexity index is 1180. The zero-order chi connectivity index (χ0) is 19.1. The highest BCUT2D eigenvalue weighted by atomic mass is 32.1. The smallest absolute Gasteiger partial charge is 0.231 e. The predicted octanol–water partition coefficient (Wildman–Crippen LogP) is 4.11. The second-order valence-corrected chi connectivity index (χ2v) is 7.69. The molecular formula is C20H17N5O2S. The van der Waals surface area contributed by atoms with E-state index in [1.54, 1.807) is 29.9 Å². The van der Waals surface area contributed by atoms with E-state index in [-0.39, 0.29) is 6.79 Å². The van der Waals surface area contributed by atoms with Crippen molar-refractivity contribution in [2.45, 2.75) is 20.4 Å². The van der Waals surface area contributed by atoms with Crippen molar-refractivity contribution in [2.24, 2.45) is 0 Å². The Kier molecular flexibility index (Phi) is 4.05. The van der Waals surface area contributed by atoms with Crippen LogP contribution in [0.1, 0.15) is 16.0 Å². The molecule has 0 fully saturated rings. The molecule has 1 aliphatic heterocycles. The SMILES string of the molecule is Cc1sc2nc(-c3cnccn3)nc(NCc3ccc4c(c3)OCO4)c2c1C. The van der Waals surface area contributed by atoms with Crippen molar-refractivity contribution < 1.29 is 9.47 Å². The van der Waals surface area contributed by atoms with Gasteiger partial charge in [-0.1, -0.05) is 6.07 Å². The quantitative estimate of drug-likeness (QED) is 0.561. The Morgan fingerprint density at radius 1 is 1.11 bits per heavy atom. The van der Waals surface area contributed by atoms with Gasteiger partial charge in [0.2, 0.25) is 6.79 Å². The van der Waals surface area contributed by atoms with Gasteiger partial charge in [-0.15, -0.1) is 11.3 Å². The highest BCUT2D eigenvalue weighted by Gasteiger charge is 2.17. The third-order valence-electron chi connectivity index (χ3n) is 4.72. The number of nitrogens with one attached hydrogen (secondary N) is 1. The number of aromatic nitrogens is 4. The van der Waals surface area contributed by atoms with Crippen molar-refractivity contribution in [1.29, 1.82) is 0 Å². The molecule has 0 saturated carbocycles. The molecule has 0 atom stereocenters. The maximum Gasteiger partial charge on any atom is 0.231 e. The highest BCUT2D eigenvalue weighted by Crippen LogP contribution is 2.36. The maximum atomic E-state index is 5.47. The molecule has 8 heteroatoms. The summed E-state index contributed by atoms with van der Waals surface area (Å²) >= 11 is 1.66. The number of aryl methyl sites for hydroxylation is 2. The standard InChI is InChI=1S/C20H17N5O2S/c1-11-12(2)28-20-17(11)19(24-18(25-20)14-9-21-5-6-22-14)23-8-13-3-4-15-16(7-13)27-10-26-15/h3-7,9H,8,10H2,1-2H3,(H,23,24,25). The summed E-state index contributed by atoms with van der Waals surface area (Å²) in [6, 6.07) is 5.94. The Morgan fingerprint density at radius 2 is 2.00 bits per heavy atom. The van der Waals surface area contributed by atoms with E-state index < -0.39 is 0 Å². The first-order valence-electron chi connectivity index (χ1n) is 8.85. The van der Waals surface area contributed by atoms with Crippen molar-refractivity contribution >= 4 is 27.4 Å². The van der Waals surface area contributed by atoms with Crippen LogP contribution in [-0.2, 0) is 6.54 Å². The van der Waals surface area contributed by atoms with Gasteiger partial charge in [-0.05, 0) is 37.1 Å². The molecule has 1 N–H and O–H groups in total. The minimum atomic E-state index is 0.271. The largest absolute Gasteiger partial charge is 0.454 e. The molecule has 0 saturated heterocycles. The number of rotatable bonds is 4. The molecule has 5 rings (SSSR count). The van der Waals surface area contributed by atoms with Crippen molar-refractivity contribution in [1.82, 2.24) is 19.9 Å². The van der Waals surface area contributed by atoms with E-state index in [1.807, 2.05) is 18.2 Å². The summed E-state index contributed by atoms with van der Waals surface area (Å²) < 4.78 is 10.9. The topological polar surface area (TPSA) is 82.1 Å². The van der Waals surface area contributed by atoms with Crippen LogP contribution in [0.5, 0.6) is 11.5 Å². The van der Waals surface area contributed by atoms with E-state index in [1.165, 1.54) is 10.4 Å². The second-order valence-electron chi connectivity index (χ2n) is 6.49. The molecule has 0 radical (unpaired) electrons. The third-order valence-corrected chi connectivity index (χ3v) is 5.82. The average molecular weight is 391 g/mol. The van der Waals surface area contributed by atoms with Crippen LogP contribution in [0.25, 0.3) is 21.7 Å². The van der Waals surface area contributed by atoms with Gasteiger partial charge in [0.25, 0.3) is 0 Å². The van der Waals surface area contributed by atoms with Crippen LogP contribution in [0.2, 0.25) is 0 Å². The zero-order valence-electron chi connectivity index (χ0n) is 15.4. The third kappa shape index (κ3) is 2.91. The first-order valence-corrected chi connectivity index (χ1v) is 9.67. The van der Waals surface area contributed by atoms with Crippen LogP contribution < -0.4 is 14.8 Å². The van der Waals surface area contributed by atoms with E-state index in [0.717, 1.165) is 33.1 Å². The lowest BCUT2D eigenvalue weighted by molar-refractivity contribution is 0.174. The molecule has 3 aromatic heterocycles. The van der Waals surface area contributed by atoms with E-state index in [0.29, 0.717) is 18.1 Å². The lowest BCUT2D eigenvalue weighted by Crippen LogP contribution is -2.04. The monoisotopic (exact) mass is 391 g/mol. The van der Waals surface area contributed by atoms with Crippen LogP contribution in [-0.4, -0.2) is 26.7 Å². The molecular weight excluding hydrogens is 374 g/mol. The Morgan fingerprint density at radius 3 is 2.86 bits per heavy atom. The number of ether oxygens (including phenoxy) is 2. The first kappa shape index (κ1) is 16.9. The van der Waals surface area contributed by atoms with E-state index in [4.69, 9.17) is 19.4 Å². The van der Waals surface area contributed by atoms with E-state index in [9.17, 15) is 0 Å². The van der Waals surface area contributed by atoms with E-state index in [2.05, 4.69) is 29.1 Å². The number of thiophene rings is 1. The molecule has 0 bridgehead atoms. The zero-order valence-corrected chi connectivity index (χ0v) is 16.2. The minimum absolute atomic E-state index is 0.271. The molecule has 0 unspecified atom stereocenters. The normalized spacial score (nSPS) is 12.5. The maximum absolute atomic E-state index is 5.47. The fourth-order valence-corrected chi connectivity index (χ4v) is 4.17. The van der Waals surface area contributed by atoms with Gasteiger partial charge in [-0.3, -0.25) is 4.98 Å². The second kappa shape index (κ2) is 6.72. The fourth-order valence-electron chi connectivity index (χ4n) is 3.14. The van der Waals surface area contributed by atoms with Gasteiger partial charge in [0.05, 0.1) is 11.6 Å². The molecule has 1 aromatic carbocycles. The number of fused-ring (bicyclic) bond motifs is 2. The lowest BCUT2D eigenvalue weighted by Gasteiger charge is -2.10. The molecule has 4 aromatic rings. The van der Waals surface area contributed by atoms with Crippen molar-refractivity contribution in [3.05, 3.63) is 52.8 Å². The fraction of sp³-hybridized carbons (Fsp3) is 0.200. The average Bonchev–Trinajstić information content (AvgIpc) is 3.30. The number of anilines is 1. The van der Waals surface area contributed by atoms with Crippen LogP contribution in [0, 0.1) is 13.8 Å². The Labute approximate surface area is 165 Å². The summed E-state index contributed by atoms with van der Waals surface area (Å²) in [5.74, 6) is 2.91. The molecule has 7 nitrogen and oxygen atoms in total. The van der Waals surface area contributed by atoms with Gasteiger partial charge in [0.1, 0.15) is 16.3 Å². The summed E-state index contributed by atoms with van der Waals surface area (Å²) in [5, 5.41) is 4.52. The minimum Gasteiger partial charge on any atom is -0.454 e. The summed E-state index contributed by atoms with van der Waals surface area (Å²) in [5.41, 5.74) is 2.93. The Hall–Kier alpha value is -3.26. The van der Waals surface area contributed by atoms with Crippen LogP contribution in [0.4, 0.5) is 5.82 Å². The molecule has 4 heterocycles. The van der Waals surface area contributed by atoms with Crippen molar-refractivity contribution in [3.63, 3.8) is 0 Å². The Balaban J connectivity index is 1.53. The van der Waals surface area contributed by atoms with Gasteiger partial charge in [-0.25, -0.2) is 15.0 Å². The number of benzene rings is 1. The van der Waals surface area contributed by atoms with Crippen LogP contribution in [0.3, 0.4) is 0 Å². The van der Waals surface area contributed by atoms with Gasteiger partial charge >= 0.3 is 0 Å². The molecule has 0 aliphatic carbocycles. The van der Waals surface area contributed by atoms with Gasteiger partial charge in [-0.2, -0.15) is 0 Å². The first-order chi connectivity index (χ1) is 13.7. The summed E-state index contributed by atoms with van der Waals surface area (Å²) in [6.45, 7) is 5.08. The number of hydrogen-bond acceptors (Lipinski definition) is 8. The number of nitrogens with zero attached hydrogens (tertiary/aromatic N) is 4. The predicted molar refractivity (Wildman–Crippen MR) is 108 cm³/mol. The highest BCUT2D eigenvalue weighted by molar-refractivity contribution is 7.18.